The van der Waals surface area contributed by atoms with E-state index in [1.165, 1.54) is 0 Å². The van der Waals surface area contributed by atoms with Gasteiger partial charge < -0.3 is 24.4 Å². The second-order valence-corrected chi connectivity index (χ2v) is 8.06. The van der Waals surface area contributed by atoms with E-state index < -0.39 is 53.9 Å². The molecule has 1 aliphatic carbocycles. The molecule has 2 heterocycles. The number of esters is 2. The van der Waals surface area contributed by atoms with Gasteiger partial charge in [0.2, 0.25) is 0 Å². The van der Waals surface area contributed by atoms with Gasteiger partial charge >= 0.3 is 11.9 Å². The van der Waals surface area contributed by atoms with Crippen molar-refractivity contribution in [2.24, 2.45) is 11.8 Å². The van der Waals surface area contributed by atoms with Gasteiger partial charge in [0.05, 0.1) is 5.92 Å². The van der Waals surface area contributed by atoms with Crippen LogP contribution in [0.4, 0.5) is 0 Å². The SMILES string of the molecule is C/C=C(\C)C(=O)O[C@@H]1C/C(C)=C\[C@@H](O)[C@H](O)[C@@]2(C)O[C@H]2[C@H]2OC(=O)[C@@H](C)[C@@H]21. The van der Waals surface area contributed by atoms with Crippen LogP contribution >= 0.6 is 0 Å². The maximum atomic E-state index is 12.4. The van der Waals surface area contributed by atoms with Crippen molar-refractivity contribution in [3.05, 3.63) is 23.3 Å². The largest absolute Gasteiger partial charge is 0.459 e. The summed E-state index contributed by atoms with van der Waals surface area (Å²) in [6.07, 6.45) is -0.517. The maximum Gasteiger partial charge on any atom is 0.333 e. The average Bonchev–Trinajstić information content (AvgIpc) is 3.21. The van der Waals surface area contributed by atoms with Crippen LogP contribution in [0.2, 0.25) is 0 Å². The van der Waals surface area contributed by atoms with Crippen LogP contribution in [0.25, 0.3) is 0 Å². The molecular formula is C20H28O7. The number of epoxide rings is 1. The molecule has 2 aliphatic heterocycles. The van der Waals surface area contributed by atoms with Gasteiger partial charge in [0.15, 0.2) is 0 Å². The van der Waals surface area contributed by atoms with Crippen molar-refractivity contribution in [2.75, 3.05) is 0 Å². The molecule has 0 amide bonds. The molecule has 0 saturated carbocycles. The molecule has 0 bridgehead atoms. The summed E-state index contributed by atoms with van der Waals surface area (Å²) in [4.78, 5) is 24.7. The van der Waals surface area contributed by atoms with E-state index >= 15 is 0 Å². The number of ether oxygens (including phenoxy) is 3. The summed E-state index contributed by atoms with van der Waals surface area (Å²) in [5.74, 6) is -1.69. The van der Waals surface area contributed by atoms with Gasteiger partial charge in [0.1, 0.15) is 36.1 Å². The molecule has 0 spiro atoms. The van der Waals surface area contributed by atoms with Crippen molar-refractivity contribution in [1.29, 1.82) is 0 Å². The number of carbonyl (C=O) groups is 2. The number of allylic oxidation sites excluding steroid dienone is 1. The molecule has 0 unspecified atom stereocenters. The summed E-state index contributed by atoms with van der Waals surface area (Å²) in [7, 11) is 0. The average molecular weight is 380 g/mol. The molecule has 0 aromatic rings. The highest BCUT2D eigenvalue weighted by Crippen LogP contribution is 2.50. The lowest BCUT2D eigenvalue weighted by Gasteiger charge is -2.31. The summed E-state index contributed by atoms with van der Waals surface area (Å²) >= 11 is 0. The molecule has 27 heavy (non-hydrogen) atoms. The normalized spacial score (nSPS) is 46.5. The smallest absolute Gasteiger partial charge is 0.333 e. The molecule has 2 N–H and O–H groups in total. The standard InChI is InChI=1S/C20H28O7/c1-6-10(3)18(23)25-13-8-9(2)7-12(21)16(22)20(5)17(27-20)15-14(13)11(4)19(24)26-15/h6-7,11-17,21-22H,8H2,1-5H3/b9-7-,10-6+/t11-,12+,13+,14+,15-,16-,17-,20+/m0/s1. The predicted molar refractivity (Wildman–Crippen MR) is 95.5 cm³/mol. The third-order valence-corrected chi connectivity index (χ3v) is 6.10. The Labute approximate surface area is 159 Å². The summed E-state index contributed by atoms with van der Waals surface area (Å²) in [5, 5.41) is 20.8. The molecule has 7 nitrogen and oxygen atoms in total. The minimum atomic E-state index is -1.14. The molecular weight excluding hydrogens is 352 g/mol. The van der Waals surface area contributed by atoms with Crippen molar-refractivity contribution >= 4 is 11.9 Å². The lowest BCUT2D eigenvalue weighted by atomic mass is 9.78. The Bertz CT molecular complexity index is 696. The van der Waals surface area contributed by atoms with E-state index in [4.69, 9.17) is 14.2 Å². The molecule has 8 atom stereocenters. The zero-order valence-corrected chi connectivity index (χ0v) is 16.3. The fraction of sp³-hybridized carbons (Fsp3) is 0.700. The summed E-state index contributed by atoms with van der Waals surface area (Å²) in [5.41, 5.74) is 0.214. The van der Waals surface area contributed by atoms with Crippen molar-refractivity contribution in [3.8, 4) is 0 Å². The van der Waals surface area contributed by atoms with Crippen LogP contribution in [0.1, 0.15) is 41.0 Å². The third kappa shape index (κ3) is 3.44. The van der Waals surface area contributed by atoms with Gasteiger partial charge in [-0.25, -0.2) is 4.79 Å². The van der Waals surface area contributed by atoms with Gasteiger partial charge in [-0.1, -0.05) is 24.6 Å². The number of aliphatic hydroxyl groups is 2. The minimum absolute atomic E-state index is 0.331. The Kier molecular flexibility index (Phi) is 5.22. The highest BCUT2D eigenvalue weighted by atomic mass is 16.7. The molecule has 3 rings (SSSR count). The van der Waals surface area contributed by atoms with Crippen LogP contribution in [-0.2, 0) is 23.8 Å². The van der Waals surface area contributed by atoms with Crippen LogP contribution in [0.15, 0.2) is 23.3 Å². The lowest BCUT2D eigenvalue weighted by molar-refractivity contribution is -0.149. The van der Waals surface area contributed by atoms with Crippen LogP contribution in [0, 0.1) is 11.8 Å². The van der Waals surface area contributed by atoms with Gasteiger partial charge in [0.25, 0.3) is 0 Å². The third-order valence-electron chi connectivity index (χ3n) is 6.10. The first kappa shape index (κ1) is 20.0. The summed E-state index contributed by atoms with van der Waals surface area (Å²) in [6, 6.07) is 0. The van der Waals surface area contributed by atoms with E-state index in [9.17, 15) is 19.8 Å². The Morgan fingerprint density at radius 1 is 1.41 bits per heavy atom. The first-order valence-corrected chi connectivity index (χ1v) is 9.35. The number of aliphatic hydroxyl groups excluding tert-OH is 2. The molecule has 150 valence electrons. The van der Waals surface area contributed by atoms with E-state index in [-0.39, 0.29) is 5.97 Å². The highest BCUT2D eigenvalue weighted by molar-refractivity contribution is 5.87. The molecule has 7 heteroatoms. The van der Waals surface area contributed by atoms with Gasteiger partial charge in [0, 0.05) is 17.9 Å². The molecule has 2 saturated heterocycles. The van der Waals surface area contributed by atoms with E-state index in [1.54, 1.807) is 46.8 Å². The van der Waals surface area contributed by atoms with Gasteiger partial charge in [-0.15, -0.1) is 0 Å². The van der Waals surface area contributed by atoms with Gasteiger partial charge in [-0.2, -0.15) is 0 Å². The Morgan fingerprint density at radius 2 is 2.07 bits per heavy atom. The Morgan fingerprint density at radius 3 is 2.70 bits per heavy atom. The fourth-order valence-corrected chi connectivity index (χ4v) is 4.14. The van der Waals surface area contributed by atoms with Crippen LogP contribution in [0.3, 0.4) is 0 Å². The molecule has 0 aromatic carbocycles. The number of hydrogen-bond acceptors (Lipinski definition) is 7. The van der Waals surface area contributed by atoms with Crippen molar-refractivity contribution in [3.63, 3.8) is 0 Å². The number of carbonyl (C=O) groups excluding carboxylic acids is 2. The zero-order chi connectivity index (χ0) is 20.1. The number of fused-ring (bicyclic) bond motifs is 3. The Balaban J connectivity index is 1.99. The summed E-state index contributed by atoms with van der Waals surface area (Å²) < 4.78 is 17.0. The van der Waals surface area contributed by atoms with Gasteiger partial charge in [-0.3, -0.25) is 4.79 Å². The van der Waals surface area contributed by atoms with E-state index in [0.717, 1.165) is 5.57 Å². The van der Waals surface area contributed by atoms with Gasteiger partial charge in [-0.05, 0) is 27.7 Å². The second kappa shape index (κ2) is 7.04. The summed E-state index contributed by atoms with van der Waals surface area (Å²) in [6.45, 7) is 8.67. The van der Waals surface area contributed by atoms with E-state index in [1.807, 2.05) is 0 Å². The molecule has 3 aliphatic rings. The fourth-order valence-electron chi connectivity index (χ4n) is 4.14. The highest BCUT2D eigenvalue weighted by Gasteiger charge is 2.68. The maximum absolute atomic E-state index is 12.4. The molecule has 0 aromatic heterocycles. The van der Waals surface area contributed by atoms with E-state index in [0.29, 0.717) is 12.0 Å². The monoisotopic (exact) mass is 380 g/mol. The molecule has 2 fully saturated rings. The minimum Gasteiger partial charge on any atom is -0.459 e. The number of rotatable bonds is 2. The van der Waals surface area contributed by atoms with Crippen molar-refractivity contribution < 1.29 is 34.0 Å². The molecule has 0 radical (unpaired) electrons. The second-order valence-electron chi connectivity index (χ2n) is 8.06. The number of hydrogen-bond donors (Lipinski definition) is 2. The topological polar surface area (TPSA) is 106 Å². The van der Waals surface area contributed by atoms with E-state index in [2.05, 4.69) is 0 Å². The Hall–Kier alpha value is -1.70. The lowest BCUT2D eigenvalue weighted by Crippen LogP contribution is -2.45. The van der Waals surface area contributed by atoms with Crippen LogP contribution < -0.4 is 0 Å². The quantitative estimate of drug-likeness (QED) is 0.322. The first-order valence-electron chi connectivity index (χ1n) is 9.35. The van der Waals surface area contributed by atoms with Crippen LogP contribution in [0.5, 0.6) is 0 Å². The first-order chi connectivity index (χ1) is 12.6. The zero-order valence-electron chi connectivity index (χ0n) is 16.3. The van der Waals surface area contributed by atoms with Crippen molar-refractivity contribution in [2.45, 2.75) is 77.2 Å². The van der Waals surface area contributed by atoms with Crippen LogP contribution in [-0.4, -0.2) is 58.3 Å². The van der Waals surface area contributed by atoms with Crippen molar-refractivity contribution in [1.82, 2.24) is 0 Å². The predicted octanol–water partition coefficient (Wildman–Crippen LogP) is 1.27.